The third kappa shape index (κ3) is 2.96. The number of carbonyl (C=O) groups excluding carboxylic acids is 1. The summed E-state index contributed by atoms with van der Waals surface area (Å²) in [7, 11) is 0. The normalized spacial score (nSPS) is 20.4. The molecule has 1 aliphatic carbocycles. The van der Waals surface area contributed by atoms with Crippen LogP contribution in [0.5, 0.6) is 0 Å². The average Bonchev–Trinajstić information content (AvgIpc) is 2.53. The van der Waals surface area contributed by atoms with Gasteiger partial charge in [-0.25, -0.2) is 0 Å². The van der Waals surface area contributed by atoms with Crippen LogP contribution in [0.1, 0.15) is 30.4 Å². The molecule has 2 aliphatic rings. The van der Waals surface area contributed by atoms with Gasteiger partial charge in [0.05, 0.1) is 11.6 Å². The van der Waals surface area contributed by atoms with E-state index in [0.717, 1.165) is 36.0 Å². The van der Waals surface area contributed by atoms with Crippen LogP contribution in [0.25, 0.3) is 0 Å². The van der Waals surface area contributed by atoms with Crippen LogP contribution < -0.4 is 5.32 Å². The minimum Gasteiger partial charge on any atom is -0.507 e. The molecule has 2 N–H and O–H groups in total. The van der Waals surface area contributed by atoms with Crippen molar-refractivity contribution in [2.75, 3.05) is 0 Å². The highest BCUT2D eigenvalue weighted by Gasteiger charge is 2.27. The Bertz CT molecular complexity index is 686. The smallest absolute Gasteiger partial charge is 0.256 e. The molecular weight excluding hydrogens is 276 g/mol. The average molecular weight is 296 g/mol. The summed E-state index contributed by atoms with van der Waals surface area (Å²) >= 11 is 0. The molecule has 0 fully saturated rings. The Kier molecular flexibility index (Phi) is 4.09. The quantitative estimate of drug-likeness (QED) is 0.900. The maximum absolute atomic E-state index is 12.3. The second-order valence-electron chi connectivity index (χ2n) is 5.82. The molecule has 0 saturated carbocycles. The number of aliphatic hydroxyl groups excluding tert-OH is 1. The molecule has 4 heteroatoms. The molecule has 4 nitrogen and oxygen atoms in total. The zero-order valence-electron chi connectivity index (χ0n) is 12.7. The Morgan fingerprint density at radius 1 is 1.45 bits per heavy atom. The van der Waals surface area contributed by atoms with Crippen LogP contribution in [0.15, 0.2) is 52.2 Å². The number of aliphatic hydroxyl groups is 1. The van der Waals surface area contributed by atoms with Crippen molar-refractivity contribution in [3.63, 3.8) is 0 Å². The zero-order valence-corrected chi connectivity index (χ0v) is 12.7. The maximum Gasteiger partial charge on any atom is 0.256 e. The van der Waals surface area contributed by atoms with Crippen LogP contribution in [-0.4, -0.2) is 23.3 Å². The molecule has 1 amide bonds. The fourth-order valence-electron chi connectivity index (χ4n) is 2.92. The topological polar surface area (TPSA) is 61.7 Å². The number of fused-ring (bicyclic) bond motifs is 1. The highest BCUT2D eigenvalue weighted by atomic mass is 16.3. The van der Waals surface area contributed by atoms with Gasteiger partial charge in [0.1, 0.15) is 5.76 Å². The van der Waals surface area contributed by atoms with Crippen molar-refractivity contribution in [3.8, 4) is 0 Å². The van der Waals surface area contributed by atoms with Crippen LogP contribution in [0.3, 0.4) is 0 Å². The van der Waals surface area contributed by atoms with Crippen LogP contribution in [0.4, 0.5) is 0 Å². The predicted molar refractivity (Wildman–Crippen MR) is 86.9 cm³/mol. The molecule has 1 aromatic rings. The van der Waals surface area contributed by atoms with E-state index in [1.54, 1.807) is 0 Å². The molecule has 114 valence electrons. The summed E-state index contributed by atoms with van der Waals surface area (Å²) < 4.78 is 0. The van der Waals surface area contributed by atoms with Crippen LogP contribution in [0.2, 0.25) is 0 Å². The summed E-state index contributed by atoms with van der Waals surface area (Å²) in [6.45, 7) is 2.46. The van der Waals surface area contributed by atoms with E-state index in [2.05, 4.69) is 10.3 Å². The van der Waals surface area contributed by atoms with E-state index >= 15 is 0 Å². The predicted octanol–water partition coefficient (Wildman–Crippen LogP) is 2.99. The number of rotatable bonds is 3. The number of hydrogen-bond acceptors (Lipinski definition) is 3. The van der Waals surface area contributed by atoms with Crippen LogP contribution in [0, 0.1) is 6.92 Å². The fraction of sp³-hybridized carbons (Fsp3) is 0.333. The number of benzene rings is 1. The lowest BCUT2D eigenvalue weighted by Crippen LogP contribution is -2.30. The highest BCUT2D eigenvalue weighted by Crippen LogP contribution is 2.30. The van der Waals surface area contributed by atoms with Crippen molar-refractivity contribution in [3.05, 3.63) is 58.4 Å². The number of dihydropyridines is 1. The Morgan fingerprint density at radius 3 is 3.14 bits per heavy atom. The maximum atomic E-state index is 12.3. The molecule has 1 heterocycles. The van der Waals surface area contributed by atoms with Crippen molar-refractivity contribution < 1.29 is 9.90 Å². The van der Waals surface area contributed by atoms with Gasteiger partial charge in [-0.3, -0.25) is 9.79 Å². The first-order chi connectivity index (χ1) is 10.6. The van der Waals surface area contributed by atoms with Gasteiger partial charge in [-0.2, -0.15) is 0 Å². The molecule has 1 aromatic carbocycles. The summed E-state index contributed by atoms with van der Waals surface area (Å²) in [6, 6.07) is 8.00. The summed E-state index contributed by atoms with van der Waals surface area (Å²) in [4.78, 5) is 16.7. The van der Waals surface area contributed by atoms with E-state index in [4.69, 9.17) is 0 Å². The Morgan fingerprint density at radius 2 is 2.32 bits per heavy atom. The lowest BCUT2D eigenvalue weighted by Gasteiger charge is -2.24. The molecule has 22 heavy (non-hydrogen) atoms. The summed E-state index contributed by atoms with van der Waals surface area (Å²) in [5.74, 6) is -0.200. The van der Waals surface area contributed by atoms with Gasteiger partial charge in [0.15, 0.2) is 0 Å². The van der Waals surface area contributed by atoms with Crippen molar-refractivity contribution >= 4 is 12.1 Å². The Labute approximate surface area is 130 Å². The Balaban J connectivity index is 1.72. The van der Waals surface area contributed by atoms with Gasteiger partial charge in [0.25, 0.3) is 5.91 Å². The summed E-state index contributed by atoms with van der Waals surface area (Å²) in [6.07, 6.45) is 6.45. The van der Waals surface area contributed by atoms with E-state index in [9.17, 15) is 9.90 Å². The lowest BCUT2D eigenvalue weighted by molar-refractivity contribution is -0.117. The van der Waals surface area contributed by atoms with Crippen LogP contribution in [-0.2, 0) is 11.3 Å². The van der Waals surface area contributed by atoms with E-state index in [1.807, 2.05) is 37.3 Å². The van der Waals surface area contributed by atoms with Gasteiger partial charge in [-0.05, 0) is 31.7 Å². The Hall–Kier alpha value is -2.36. The third-order valence-electron chi connectivity index (χ3n) is 4.10. The van der Waals surface area contributed by atoms with Gasteiger partial charge in [-0.1, -0.05) is 35.9 Å². The second-order valence-corrected chi connectivity index (χ2v) is 5.82. The van der Waals surface area contributed by atoms with Crippen molar-refractivity contribution in [1.82, 2.24) is 5.32 Å². The number of aliphatic imine (C=N–C) groups is 1. The molecule has 0 spiro atoms. The third-order valence-corrected chi connectivity index (χ3v) is 4.10. The summed E-state index contributed by atoms with van der Waals surface area (Å²) in [5.41, 5.74) is 3.26. The minimum absolute atomic E-state index is 0.0158. The second kappa shape index (κ2) is 6.18. The molecule has 0 saturated heterocycles. The van der Waals surface area contributed by atoms with E-state index < -0.39 is 0 Å². The largest absolute Gasteiger partial charge is 0.507 e. The number of allylic oxidation sites excluding steroid dienone is 1. The summed E-state index contributed by atoms with van der Waals surface area (Å²) in [5, 5.41) is 13.2. The first kappa shape index (κ1) is 14.6. The number of amides is 1. The number of nitrogens with one attached hydrogen (secondary N) is 1. The van der Waals surface area contributed by atoms with Crippen molar-refractivity contribution in [2.24, 2.45) is 4.99 Å². The van der Waals surface area contributed by atoms with Gasteiger partial charge in [0.2, 0.25) is 0 Å². The highest BCUT2D eigenvalue weighted by molar-refractivity contribution is 6.13. The number of carbonyl (C=O) groups is 1. The monoisotopic (exact) mass is 296 g/mol. The molecular formula is C18H20N2O2. The SMILES string of the molecule is Cc1cccc(CNC(=O)C2=C(O)C3=CCCCC3N=C2)c1. The van der Waals surface area contributed by atoms with Gasteiger partial charge >= 0.3 is 0 Å². The van der Waals surface area contributed by atoms with Crippen molar-refractivity contribution in [1.29, 1.82) is 0 Å². The number of hydrogen-bond donors (Lipinski definition) is 2. The number of nitrogens with zero attached hydrogens (tertiary/aromatic N) is 1. The van der Waals surface area contributed by atoms with E-state index in [1.165, 1.54) is 6.21 Å². The first-order valence-electron chi connectivity index (χ1n) is 7.66. The number of aryl methyl sites for hydroxylation is 1. The van der Waals surface area contributed by atoms with E-state index in [0.29, 0.717) is 6.54 Å². The minimum atomic E-state index is -0.285. The molecule has 3 rings (SSSR count). The van der Waals surface area contributed by atoms with Gasteiger partial charge < -0.3 is 10.4 Å². The van der Waals surface area contributed by atoms with Gasteiger partial charge in [-0.15, -0.1) is 0 Å². The molecule has 0 bridgehead atoms. The van der Waals surface area contributed by atoms with Crippen molar-refractivity contribution in [2.45, 2.75) is 38.8 Å². The molecule has 1 aliphatic heterocycles. The lowest BCUT2D eigenvalue weighted by atomic mass is 9.89. The fourth-order valence-corrected chi connectivity index (χ4v) is 2.92. The molecule has 1 unspecified atom stereocenters. The van der Waals surface area contributed by atoms with Crippen LogP contribution >= 0.6 is 0 Å². The van der Waals surface area contributed by atoms with E-state index in [-0.39, 0.29) is 23.3 Å². The zero-order chi connectivity index (χ0) is 15.5. The molecule has 0 radical (unpaired) electrons. The molecule has 1 atom stereocenters. The first-order valence-corrected chi connectivity index (χ1v) is 7.66. The van der Waals surface area contributed by atoms with Gasteiger partial charge in [0, 0.05) is 18.3 Å². The molecule has 0 aromatic heterocycles. The standard InChI is InChI=1S/C18H20N2O2/c1-12-5-4-6-13(9-12)10-20-18(22)15-11-19-16-8-3-2-7-14(16)17(15)21/h4-7,9,11,16,21H,2-3,8,10H2,1H3,(H,20,22).